The summed E-state index contributed by atoms with van der Waals surface area (Å²) in [4.78, 5) is 6.68. The minimum Gasteiger partial charge on any atom is -0.223 e. The molecule has 0 amide bonds. The molecule has 0 saturated heterocycles. The van der Waals surface area contributed by atoms with Crippen molar-refractivity contribution in [2.24, 2.45) is 0 Å². The van der Waals surface area contributed by atoms with Crippen LogP contribution in [0, 0.1) is 6.92 Å². The monoisotopic (exact) mass is 252 g/mol. The highest BCUT2D eigenvalue weighted by Gasteiger charge is 2.35. The summed E-state index contributed by atoms with van der Waals surface area (Å²) in [5.74, 6) is -1.19. The molecular weight excluding hydrogens is 249 g/mol. The Morgan fingerprint density at radius 1 is 1.33 bits per heavy atom. The average Bonchev–Trinajstić information content (AvgIpc) is 2.47. The fourth-order valence-corrected chi connectivity index (χ4v) is 2.30. The summed E-state index contributed by atoms with van der Waals surface area (Å²) in [5.41, 5.74) is 0.942. The number of thiophene rings is 1. The van der Waals surface area contributed by atoms with E-state index >= 15 is 0 Å². The van der Waals surface area contributed by atoms with E-state index in [1.807, 2.05) is 0 Å². The van der Waals surface area contributed by atoms with Gasteiger partial charge in [-0.15, -0.1) is 11.3 Å². The molecule has 0 N–H and O–H groups in total. The van der Waals surface area contributed by atoms with Crippen molar-refractivity contribution in [1.82, 2.24) is 9.97 Å². The molecule has 2 aromatic rings. The second-order valence-corrected chi connectivity index (χ2v) is 4.17. The number of alkyl halides is 3. The first-order valence-electron chi connectivity index (χ1n) is 3.88. The van der Waals surface area contributed by atoms with Gasteiger partial charge in [-0.05, 0) is 17.9 Å². The normalized spacial score (nSPS) is 12.3. The molecule has 2 heterocycles. The smallest absolute Gasteiger partial charge is 0.223 e. The lowest BCUT2D eigenvalue weighted by molar-refractivity contribution is -0.144. The van der Waals surface area contributed by atoms with Crippen LogP contribution in [0.4, 0.5) is 13.2 Å². The summed E-state index contributed by atoms with van der Waals surface area (Å²) in [5, 5.41) is 1.55. The van der Waals surface area contributed by atoms with E-state index < -0.39 is 12.0 Å². The molecule has 7 heteroatoms. The molecule has 0 fully saturated rings. The van der Waals surface area contributed by atoms with Crippen molar-refractivity contribution in [3.8, 4) is 0 Å². The van der Waals surface area contributed by atoms with Gasteiger partial charge in [-0.1, -0.05) is 11.6 Å². The topological polar surface area (TPSA) is 25.8 Å². The highest BCUT2D eigenvalue weighted by molar-refractivity contribution is 7.18. The first-order chi connectivity index (χ1) is 6.89. The minimum atomic E-state index is -4.56. The Hall–Kier alpha value is -0.880. The van der Waals surface area contributed by atoms with Crippen LogP contribution in [0.25, 0.3) is 10.2 Å². The molecule has 15 heavy (non-hydrogen) atoms. The maximum Gasteiger partial charge on any atom is 0.451 e. The zero-order chi connectivity index (χ0) is 11.2. The maximum atomic E-state index is 12.4. The molecule has 80 valence electrons. The van der Waals surface area contributed by atoms with Gasteiger partial charge in [0.05, 0.1) is 10.2 Å². The Balaban J connectivity index is 2.76. The number of halogens is 4. The minimum absolute atomic E-state index is 0.148. The lowest BCUT2D eigenvalue weighted by Gasteiger charge is -2.05. The molecule has 0 aliphatic rings. The van der Waals surface area contributed by atoms with E-state index in [9.17, 15) is 13.2 Å². The number of fused-ring (bicyclic) bond motifs is 1. The third kappa shape index (κ3) is 1.79. The Kier molecular flexibility index (Phi) is 2.35. The van der Waals surface area contributed by atoms with Crippen molar-refractivity contribution in [2.45, 2.75) is 13.1 Å². The summed E-state index contributed by atoms with van der Waals surface area (Å²) in [6.45, 7) is 1.68. The van der Waals surface area contributed by atoms with Crippen LogP contribution in [0.15, 0.2) is 5.38 Å². The van der Waals surface area contributed by atoms with Crippen LogP contribution >= 0.6 is 22.9 Å². The van der Waals surface area contributed by atoms with Gasteiger partial charge in [0, 0.05) is 0 Å². The maximum absolute atomic E-state index is 12.4. The van der Waals surface area contributed by atoms with Gasteiger partial charge in [0.2, 0.25) is 5.82 Å². The average molecular weight is 253 g/mol. The molecule has 0 saturated carbocycles. The summed E-state index contributed by atoms with van der Waals surface area (Å²) in [7, 11) is 0. The molecule has 0 bridgehead atoms. The third-order valence-electron chi connectivity index (χ3n) is 1.80. The lowest BCUT2D eigenvalue weighted by Crippen LogP contribution is -2.10. The van der Waals surface area contributed by atoms with Crippen molar-refractivity contribution in [2.75, 3.05) is 0 Å². The molecular formula is C8H4ClF3N2S. The van der Waals surface area contributed by atoms with Gasteiger partial charge < -0.3 is 0 Å². The number of hydrogen-bond acceptors (Lipinski definition) is 3. The van der Waals surface area contributed by atoms with Crippen molar-refractivity contribution in [3.05, 3.63) is 21.9 Å². The fourth-order valence-electron chi connectivity index (χ4n) is 1.12. The van der Waals surface area contributed by atoms with E-state index in [0.29, 0.717) is 10.3 Å². The fraction of sp³-hybridized carbons (Fsp3) is 0.250. The highest BCUT2D eigenvalue weighted by atomic mass is 35.5. The molecule has 0 radical (unpaired) electrons. The van der Waals surface area contributed by atoms with Crippen molar-refractivity contribution in [1.29, 1.82) is 0 Å². The Morgan fingerprint density at radius 2 is 2.00 bits per heavy atom. The predicted molar refractivity (Wildman–Crippen MR) is 52.2 cm³/mol. The van der Waals surface area contributed by atoms with Crippen molar-refractivity contribution >= 4 is 33.2 Å². The molecule has 0 aromatic carbocycles. The van der Waals surface area contributed by atoms with Crippen molar-refractivity contribution < 1.29 is 13.2 Å². The van der Waals surface area contributed by atoms with Crippen LogP contribution in [0.5, 0.6) is 0 Å². The predicted octanol–water partition coefficient (Wildman–Crippen LogP) is 3.67. The molecule has 2 nitrogen and oxygen atoms in total. The van der Waals surface area contributed by atoms with Gasteiger partial charge in [0.15, 0.2) is 5.15 Å². The molecule has 0 unspecified atom stereocenters. The summed E-state index contributed by atoms with van der Waals surface area (Å²) < 4.78 is 37.5. The van der Waals surface area contributed by atoms with E-state index in [0.717, 1.165) is 0 Å². The van der Waals surface area contributed by atoms with Crippen LogP contribution in [-0.4, -0.2) is 9.97 Å². The number of nitrogens with zero attached hydrogens (tertiary/aromatic N) is 2. The lowest BCUT2D eigenvalue weighted by atomic mass is 10.3. The second kappa shape index (κ2) is 3.31. The summed E-state index contributed by atoms with van der Waals surface area (Å²) in [6.07, 6.45) is -4.56. The number of aryl methyl sites for hydroxylation is 1. The second-order valence-electron chi connectivity index (χ2n) is 2.93. The van der Waals surface area contributed by atoms with E-state index in [1.54, 1.807) is 12.3 Å². The first-order valence-corrected chi connectivity index (χ1v) is 5.14. The third-order valence-corrected chi connectivity index (χ3v) is 3.28. The molecule has 2 aromatic heterocycles. The van der Waals surface area contributed by atoms with Crippen LogP contribution < -0.4 is 0 Å². The zero-order valence-corrected chi connectivity index (χ0v) is 8.96. The van der Waals surface area contributed by atoms with Crippen molar-refractivity contribution in [3.63, 3.8) is 0 Å². The summed E-state index contributed by atoms with van der Waals surface area (Å²) >= 11 is 6.88. The standard InChI is InChI=1S/C8H4ClF3N2S/c1-3-2-15-5-4(3)13-7(8(10,11)12)14-6(5)9/h2H,1H3. The van der Waals surface area contributed by atoms with Crippen LogP contribution in [-0.2, 0) is 6.18 Å². The van der Waals surface area contributed by atoms with Gasteiger partial charge in [0.25, 0.3) is 0 Å². The summed E-state index contributed by atoms with van der Waals surface area (Å²) in [6, 6.07) is 0. The van der Waals surface area contributed by atoms with Gasteiger partial charge >= 0.3 is 6.18 Å². The number of aromatic nitrogens is 2. The Bertz CT molecular complexity index is 520. The van der Waals surface area contributed by atoms with E-state index in [1.165, 1.54) is 11.3 Å². The number of hydrogen-bond donors (Lipinski definition) is 0. The molecule has 0 aliphatic carbocycles. The molecule has 0 atom stereocenters. The van der Waals surface area contributed by atoms with E-state index in [4.69, 9.17) is 11.6 Å². The van der Waals surface area contributed by atoms with Crippen LogP contribution in [0.1, 0.15) is 11.4 Å². The zero-order valence-electron chi connectivity index (χ0n) is 7.39. The van der Waals surface area contributed by atoms with Gasteiger partial charge in [0.1, 0.15) is 0 Å². The quantitative estimate of drug-likeness (QED) is 0.669. The Labute approximate surface area is 91.7 Å². The largest absolute Gasteiger partial charge is 0.451 e. The van der Waals surface area contributed by atoms with Gasteiger partial charge in [-0.2, -0.15) is 13.2 Å². The molecule has 2 rings (SSSR count). The SMILES string of the molecule is Cc1csc2c(Cl)nc(C(F)(F)F)nc12. The number of rotatable bonds is 0. The van der Waals surface area contributed by atoms with Gasteiger partial charge in [-0.3, -0.25) is 0 Å². The first kappa shape index (κ1) is 10.6. The molecule has 0 spiro atoms. The van der Waals surface area contributed by atoms with Crippen LogP contribution in [0.2, 0.25) is 5.15 Å². The highest BCUT2D eigenvalue weighted by Crippen LogP contribution is 2.33. The molecule has 0 aliphatic heterocycles. The van der Waals surface area contributed by atoms with Crippen LogP contribution in [0.3, 0.4) is 0 Å². The van der Waals surface area contributed by atoms with Gasteiger partial charge in [-0.25, -0.2) is 9.97 Å². The Morgan fingerprint density at radius 3 is 2.60 bits per heavy atom. The van der Waals surface area contributed by atoms with E-state index in [-0.39, 0.29) is 10.7 Å². The van der Waals surface area contributed by atoms with E-state index in [2.05, 4.69) is 9.97 Å².